The second-order valence-electron chi connectivity index (χ2n) is 3.79. The third-order valence-electron chi connectivity index (χ3n) is 2.75. The van der Waals surface area contributed by atoms with Crippen LogP contribution in [0.3, 0.4) is 0 Å². The van der Waals surface area contributed by atoms with Gasteiger partial charge in [-0.2, -0.15) is 5.26 Å². The predicted molar refractivity (Wildman–Crippen MR) is 60.9 cm³/mol. The highest BCUT2D eigenvalue weighted by atomic mass is 15.3. The number of hydrogen-bond donors (Lipinski definition) is 0. The van der Waals surface area contributed by atoms with E-state index in [1.807, 2.05) is 6.07 Å². The van der Waals surface area contributed by atoms with Gasteiger partial charge in [-0.15, -0.1) is 0 Å². The molecule has 0 amide bonds. The lowest BCUT2D eigenvalue weighted by molar-refractivity contribution is 0.262. The van der Waals surface area contributed by atoms with Gasteiger partial charge in [0.1, 0.15) is 0 Å². The molecule has 84 valence electrons. The van der Waals surface area contributed by atoms with Gasteiger partial charge in [-0.1, -0.05) is 0 Å². The molecule has 1 saturated heterocycles. The summed E-state index contributed by atoms with van der Waals surface area (Å²) in [6.07, 6.45) is 4.15. The molecule has 1 fully saturated rings. The average molecular weight is 217 g/mol. The van der Waals surface area contributed by atoms with Crippen molar-refractivity contribution in [3.05, 3.63) is 18.5 Å². The van der Waals surface area contributed by atoms with Crippen LogP contribution in [0.4, 0.5) is 5.95 Å². The van der Waals surface area contributed by atoms with Crippen LogP contribution < -0.4 is 4.90 Å². The lowest BCUT2D eigenvalue weighted by Crippen LogP contribution is -2.47. The molecule has 0 N–H and O–H groups in total. The average Bonchev–Trinajstić information content (AvgIpc) is 2.38. The van der Waals surface area contributed by atoms with Gasteiger partial charge < -0.3 is 4.90 Å². The molecule has 5 nitrogen and oxygen atoms in total. The fourth-order valence-electron chi connectivity index (χ4n) is 1.83. The summed E-state index contributed by atoms with van der Waals surface area (Å²) in [4.78, 5) is 13.0. The molecule has 2 heterocycles. The summed E-state index contributed by atoms with van der Waals surface area (Å²) in [5, 5.41) is 8.52. The molecule has 5 heteroatoms. The quantitative estimate of drug-likeness (QED) is 0.738. The molecule has 1 aromatic rings. The highest BCUT2D eigenvalue weighted by molar-refractivity contribution is 5.29. The summed E-state index contributed by atoms with van der Waals surface area (Å²) in [6.45, 7) is 4.73. The molecule has 0 saturated carbocycles. The van der Waals surface area contributed by atoms with Gasteiger partial charge in [0.15, 0.2) is 0 Å². The van der Waals surface area contributed by atoms with Crippen LogP contribution in [-0.2, 0) is 0 Å². The lowest BCUT2D eigenvalue weighted by atomic mass is 10.3. The number of anilines is 1. The molecule has 0 atom stereocenters. The van der Waals surface area contributed by atoms with E-state index in [1.165, 1.54) is 0 Å². The van der Waals surface area contributed by atoms with E-state index in [0.717, 1.165) is 38.7 Å². The van der Waals surface area contributed by atoms with Crippen LogP contribution in [0, 0.1) is 11.3 Å². The molecule has 0 unspecified atom stereocenters. The molecule has 0 aliphatic carbocycles. The second-order valence-corrected chi connectivity index (χ2v) is 3.79. The fourth-order valence-corrected chi connectivity index (χ4v) is 1.83. The number of hydrogen-bond acceptors (Lipinski definition) is 5. The minimum Gasteiger partial charge on any atom is -0.338 e. The molecule has 0 spiro atoms. The Hall–Kier alpha value is -1.67. The van der Waals surface area contributed by atoms with Crippen LogP contribution in [0.15, 0.2) is 18.5 Å². The summed E-state index contributed by atoms with van der Waals surface area (Å²) in [5.74, 6) is 0.808. The van der Waals surface area contributed by atoms with E-state index in [2.05, 4.69) is 25.8 Å². The molecular formula is C11H15N5. The maximum atomic E-state index is 8.52. The number of nitriles is 1. The fraction of sp³-hybridized carbons (Fsp3) is 0.545. The predicted octanol–water partition coefficient (Wildman–Crippen LogP) is 0.512. The van der Waals surface area contributed by atoms with Gasteiger partial charge >= 0.3 is 0 Å². The minimum absolute atomic E-state index is 0.613. The van der Waals surface area contributed by atoms with Gasteiger partial charge in [-0.3, -0.25) is 4.90 Å². The van der Waals surface area contributed by atoms with E-state index >= 15 is 0 Å². The van der Waals surface area contributed by atoms with Crippen molar-refractivity contribution in [2.45, 2.75) is 6.42 Å². The first-order valence-corrected chi connectivity index (χ1v) is 5.51. The lowest BCUT2D eigenvalue weighted by Gasteiger charge is -2.34. The third kappa shape index (κ3) is 2.67. The molecule has 1 aliphatic rings. The summed E-state index contributed by atoms with van der Waals surface area (Å²) in [5.41, 5.74) is 0. The van der Waals surface area contributed by atoms with Crippen molar-refractivity contribution in [2.75, 3.05) is 37.6 Å². The van der Waals surface area contributed by atoms with Crippen LogP contribution in [0.25, 0.3) is 0 Å². The second kappa shape index (κ2) is 5.42. The largest absolute Gasteiger partial charge is 0.338 e. The zero-order valence-electron chi connectivity index (χ0n) is 9.21. The first kappa shape index (κ1) is 10.8. The van der Waals surface area contributed by atoms with E-state index in [0.29, 0.717) is 6.42 Å². The molecule has 0 radical (unpaired) electrons. The van der Waals surface area contributed by atoms with Crippen molar-refractivity contribution in [1.82, 2.24) is 14.9 Å². The zero-order chi connectivity index (χ0) is 11.2. The molecule has 1 aliphatic heterocycles. The van der Waals surface area contributed by atoms with E-state index in [4.69, 9.17) is 5.26 Å². The van der Waals surface area contributed by atoms with Crippen molar-refractivity contribution < 1.29 is 0 Å². The van der Waals surface area contributed by atoms with Gasteiger partial charge in [-0.05, 0) is 6.07 Å². The summed E-state index contributed by atoms with van der Waals surface area (Å²) >= 11 is 0. The maximum absolute atomic E-state index is 8.52. The smallest absolute Gasteiger partial charge is 0.225 e. The van der Waals surface area contributed by atoms with Gasteiger partial charge in [-0.25, -0.2) is 9.97 Å². The zero-order valence-corrected chi connectivity index (χ0v) is 9.21. The highest BCUT2D eigenvalue weighted by Gasteiger charge is 2.17. The van der Waals surface area contributed by atoms with Crippen molar-refractivity contribution in [3.8, 4) is 6.07 Å². The Labute approximate surface area is 95.3 Å². The highest BCUT2D eigenvalue weighted by Crippen LogP contribution is 2.09. The van der Waals surface area contributed by atoms with Gasteiger partial charge in [0.2, 0.25) is 5.95 Å². The maximum Gasteiger partial charge on any atom is 0.225 e. The summed E-state index contributed by atoms with van der Waals surface area (Å²) in [6, 6.07) is 4.00. The van der Waals surface area contributed by atoms with Gasteiger partial charge in [0.25, 0.3) is 0 Å². The molecule has 1 aromatic heterocycles. The van der Waals surface area contributed by atoms with E-state index in [1.54, 1.807) is 12.4 Å². The number of aromatic nitrogens is 2. The summed E-state index contributed by atoms with van der Waals surface area (Å²) in [7, 11) is 0. The topological polar surface area (TPSA) is 56.1 Å². The monoisotopic (exact) mass is 217 g/mol. The van der Waals surface area contributed by atoms with E-state index in [-0.39, 0.29) is 0 Å². The Balaban J connectivity index is 1.84. The first-order valence-electron chi connectivity index (χ1n) is 5.51. The Bertz CT molecular complexity index is 350. The standard InChI is InChI=1S/C11H15N5/c12-3-1-6-15-7-9-16(10-8-15)11-13-4-2-5-14-11/h2,4-5H,1,6-10H2. The molecule has 16 heavy (non-hydrogen) atoms. The van der Waals surface area contributed by atoms with Crippen LogP contribution in [0.5, 0.6) is 0 Å². The van der Waals surface area contributed by atoms with Gasteiger partial charge in [0.05, 0.1) is 6.07 Å². The van der Waals surface area contributed by atoms with Crippen LogP contribution >= 0.6 is 0 Å². The van der Waals surface area contributed by atoms with Crippen LogP contribution in [0.1, 0.15) is 6.42 Å². The first-order chi connectivity index (χ1) is 7.90. The van der Waals surface area contributed by atoms with Gasteiger partial charge in [0, 0.05) is 51.5 Å². The van der Waals surface area contributed by atoms with Crippen LogP contribution in [0.2, 0.25) is 0 Å². The number of rotatable bonds is 3. The minimum atomic E-state index is 0.613. The molecule has 0 bridgehead atoms. The Morgan fingerprint density at radius 2 is 1.88 bits per heavy atom. The Morgan fingerprint density at radius 3 is 2.50 bits per heavy atom. The van der Waals surface area contributed by atoms with E-state index < -0.39 is 0 Å². The number of nitrogens with zero attached hydrogens (tertiary/aromatic N) is 5. The van der Waals surface area contributed by atoms with Crippen molar-refractivity contribution >= 4 is 5.95 Å². The summed E-state index contributed by atoms with van der Waals surface area (Å²) < 4.78 is 0. The Morgan fingerprint density at radius 1 is 1.19 bits per heavy atom. The van der Waals surface area contributed by atoms with Crippen molar-refractivity contribution in [2.24, 2.45) is 0 Å². The molecule has 0 aromatic carbocycles. The van der Waals surface area contributed by atoms with Crippen LogP contribution in [-0.4, -0.2) is 47.6 Å². The molecular weight excluding hydrogens is 202 g/mol. The molecule has 2 rings (SSSR count). The normalized spacial score (nSPS) is 17.1. The SMILES string of the molecule is N#CCCN1CCN(c2ncccn2)CC1. The van der Waals surface area contributed by atoms with Crippen molar-refractivity contribution in [1.29, 1.82) is 5.26 Å². The Kier molecular flexibility index (Phi) is 3.67. The third-order valence-corrected chi connectivity index (χ3v) is 2.75. The van der Waals surface area contributed by atoms with E-state index in [9.17, 15) is 0 Å². The number of piperazine rings is 1. The van der Waals surface area contributed by atoms with Crippen molar-refractivity contribution in [3.63, 3.8) is 0 Å².